The van der Waals surface area contributed by atoms with E-state index in [1.807, 2.05) is 24.0 Å². The van der Waals surface area contributed by atoms with E-state index in [4.69, 9.17) is 19.8 Å². The number of nitrogens with one attached hydrogen (secondary N) is 2. The minimum absolute atomic E-state index is 0.000465. The van der Waals surface area contributed by atoms with Crippen LogP contribution in [-0.4, -0.2) is 61.5 Å². The number of fused-ring (bicyclic) bond motifs is 1. The number of ether oxygens (including phenoxy) is 1. The molecule has 0 spiro atoms. The van der Waals surface area contributed by atoms with Crippen molar-refractivity contribution in [2.75, 3.05) is 30.4 Å². The van der Waals surface area contributed by atoms with Gasteiger partial charge in [0, 0.05) is 25.6 Å². The second kappa shape index (κ2) is 7.44. The number of anilines is 3. The molecule has 3 aromatic rings. The van der Waals surface area contributed by atoms with Gasteiger partial charge in [0.2, 0.25) is 11.9 Å². The maximum absolute atomic E-state index is 11.9. The van der Waals surface area contributed by atoms with Crippen molar-refractivity contribution in [3.05, 3.63) is 30.7 Å². The molecule has 4 heterocycles. The highest BCUT2D eigenvalue weighted by molar-refractivity contribution is 5.87. The van der Waals surface area contributed by atoms with Crippen molar-refractivity contribution in [2.45, 2.75) is 37.6 Å². The Kier molecular flexibility index (Phi) is 4.58. The topological polar surface area (TPSA) is 115 Å². The first-order valence-corrected chi connectivity index (χ1v) is 11.7. The third-order valence-electron chi connectivity index (χ3n) is 7.58. The van der Waals surface area contributed by atoms with E-state index >= 15 is 0 Å². The highest BCUT2D eigenvalue weighted by Gasteiger charge is 2.59. The first kappa shape index (κ1) is 20.9. The SMILES string of the molecule is C=CC(=O)NC1CN(c2nc(Nc3cn(C)nc3OC)c3ncc(C45CC(C4)C5)n3n2)CC1C. The second-order valence-corrected chi connectivity index (χ2v) is 9.95. The van der Waals surface area contributed by atoms with Gasteiger partial charge in [-0.25, -0.2) is 9.50 Å². The van der Waals surface area contributed by atoms with E-state index in [1.165, 1.54) is 25.3 Å². The summed E-state index contributed by atoms with van der Waals surface area (Å²) in [4.78, 5) is 23.6. The molecule has 2 bridgehead atoms. The number of nitrogens with zero attached hydrogens (tertiary/aromatic N) is 7. The monoisotopic (exact) mass is 463 g/mol. The average molecular weight is 464 g/mol. The Morgan fingerprint density at radius 1 is 1.29 bits per heavy atom. The van der Waals surface area contributed by atoms with E-state index < -0.39 is 0 Å². The van der Waals surface area contributed by atoms with Crippen LogP contribution in [-0.2, 0) is 17.3 Å². The molecule has 0 radical (unpaired) electrons. The van der Waals surface area contributed by atoms with Gasteiger partial charge in [-0.05, 0) is 37.2 Å². The number of amides is 1. The smallest absolute Gasteiger partial charge is 0.256 e. The molecule has 11 heteroatoms. The van der Waals surface area contributed by atoms with E-state index in [2.05, 4.69) is 34.1 Å². The first-order valence-electron chi connectivity index (χ1n) is 11.7. The molecule has 4 aliphatic rings. The summed E-state index contributed by atoms with van der Waals surface area (Å²) in [6.07, 6.45) is 8.72. The molecule has 34 heavy (non-hydrogen) atoms. The van der Waals surface area contributed by atoms with Crippen molar-refractivity contribution in [1.29, 1.82) is 0 Å². The van der Waals surface area contributed by atoms with Crippen molar-refractivity contribution >= 4 is 29.0 Å². The van der Waals surface area contributed by atoms with Crippen LogP contribution in [0.4, 0.5) is 17.5 Å². The maximum atomic E-state index is 11.9. The quantitative estimate of drug-likeness (QED) is 0.510. The van der Waals surface area contributed by atoms with Crippen molar-refractivity contribution in [3.63, 3.8) is 0 Å². The van der Waals surface area contributed by atoms with Gasteiger partial charge in [0.05, 0.1) is 31.2 Å². The standard InChI is InChI=1S/C23H29N9O2/c1-5-18(33)25-15-12-31(10-13(15)2)22-27-19(26-16-11-30(3)28-21(16)34-4)20-24-9-17(32(20)29-22)23-6-14(7-23)8-23/h5,9,11,13-15H,1,6-8,10,12H2,2-4H3,(H,25,33)(H,26,27,29). The van der Waals surface area contributed by atoms with Crippen molar-refractivity contribution < 1.29 is 9.53 Å². The van der Waals surface area contributed by atoms with Crippen LogP contribution in [0.3, 0.4) is 0 Å². The Morgan fingerprint density at radius 3 is 2.76 bits per heavy atom. The van der Waals surface area contributed by atoms with Crippen LogP contribution in [0.5, 0.6) is 5.88 Å². The van der Waals surface area contributed by atoms with Gasteiger partial charge in [-0.15, -0.1) is 10.2 Å². The molecule has 178 valence electrons. The molecule has 3 saturated carbocycles. The molecule has 7 rings (SSSR count). The molecule has 1 aliphatic heterocycles. The van der Waals surface area contributed by atoms with Crippen molar-refractivity contribution in [3.8, 4) is 5.88 Å². The van der Waals surface area contributed by atoms with E-state index in [-0.39, 0.29) is 23.3 Å². The Labute approximate surface area is 197 Å². The zero-order valence-corrected chi connectivity index (χ0v) is 19.7. The number of carbonyl (C=O) groups excluding carboxylic acids is 1. The summed E-state index contributed by atoms with van der Waals surface area (Å²) < 4.78 is 9.08. The predicted molar refractivity (Wildman–Crippen MR) is 126 cm³/mol. The van der Waals surface area contributed by atoms with Gasteiger partial charge in [-0.1, -0.05) is 13.5 Å². The fraction of sp³-hybridized carbons (Fsp3) is 0.522. The number of aryl methyl sites for hydroxylation is 1. The number of rotatable bonds is 7. The number of aromatic nitrogens is 6. The van der Waals surface area contributed by atoms with Gasteiger partial charge in [0.15, 0.2) is 11.5 Å². The van der Waals surface area contributed by atoms with Gasteiger partial charge in [-0.3, -0.25) is 9.48 Å². The Hall–Kier alpha value is -3.63. The lowest BCUT2D eigenvalue weighted by atomic mass is 9.43. The lowest BCUT2D eigenvalue weighted by molar-refractivity contribution is -0.117. The van der Waals surface area contributed by atoms with Gasteiger partial charge in [0.1, 0.15) is 5.69 Å². The molecule has 4 fully saturated rings. The molecule has 3 aliphatic carbocycles. The summed E-state index contributed by atoms with van der Waals surface area (Å²) in [5, 5.41) is 15.7. The third-order valence-corrected chi connectivity index (χ3v) is 7.58. The number of carbonyl (C=O) groups is 1. The van der Waals surface area contributed by atoms with Crippen LogP contribution in [0.15, 0.2) is 25.0 Å². The van der Waals surface area contributed by atoms with Crippen LogP contribution in [0.25, 0.3) is 5.65 Å². The molecular formula is C23H29N9O2. The summed E-state index contributed by atoms with van der Waals surface area (Å²) in [6.45, 7) is 7.05. The number of hydrogen-bond acceptors (Lipinski definition) is 8. The van der Waals surface area contributed by atoms with E-state index in [9.17, 15) is 4.79 Å². The van der Waals surface area contributed by atoms with Gasteiger partial charge < -0.3 is 20.3 Å². The number of imidazole rings is 1. The van der Waals surface area contributed by atoms with E-state index in [1.54, 1.807) is 11.8 Å². The zero-order valence-electron chi connectivity index (χ0n) is 19.7. The lowest BCUT2D eigenvalue weighted by Crippen LogP contribution is -2.55. The predicted octanol–water partition coefficient (Wildman–Crippen LogP) is 1.79. The molecule has 2 unspecified atom stereocenters. The Balaban J connectivity index is 1.40. The van der Waals surface area contributed by atoms with Crippen molar-refractivity contribution in [1.82, 2.24) is 34.7 Å². The molecule has 1 saturated heterocycles. The normalized spacial score (nSPS) is 27.3. The Morgan fingerprint density at radius 2 is 2.09 bits per heavy atom. The van der Waals surface area contributed by atoms with Crippen LogP contribution in [0.2, 0.25) is 0 Å². The van der Waals surface area contributed by atoms with E-state index in [0.29, 0.717) is 35.5 Å². The second-order valence-electron chi connectivity index (χ2n) is 9.95. The Bertz CT molecular complexity index is 1280. The molecule has 2 atom stereocenters. The summed E-state index contributed by atoms with van der Waals surface area (Å²) in [5.41, 5.74) is 2.73. The maximum Gasteiger partial charge on any atom is 0.256 e. The highest BCUT2D eigenvalue weighted by atomic mass is 16.5. The molecule has 3 aromatic heterocycles. The largest absolute Gasteiger partial charge is 0.478 e. The third kappa shape index (κ3) is 3.13. The van der Waals surface area contributed by atoms with Crippen LogP contribution in [0, 0.1) is 11.8 Å². The minimum Gasteiger partial charge on any atom is -0.478 e. The molecule has 2 N–H and O–H groups in total. The number of methoxy groups -OCH3 is 1. The molecule has 0 aromatic carbocycles. The van der Waals surface area contributed by atoms with Gasteiger partial charge in [-0.2, -0.15) is 4.98 Å². The fourth-order valence-electron chi connectivity index (χ4n) is 5.63. The van der Waals surface area contributed by atoms with Crippen LogP contribution in [0.1, 0.15) is 31.9 Å². The highest BCUT2D eigenvalue weighted by Crippen LogP contribution is 2.65. The van der Waals surface area contributed by atoms with Crippen molar-refractivity contribution in [2.24, 2.45) is 18.9 Å². The minimum atomic E-state index is -0.165. The molecular weight excluding hydrogens is 434 g/mol. The zero-order chi connectivity index (χ0) is 23.6. The summed E-state index contributed by atoms with van der Waals surface area (Å²) in [7, 11) is 3.43. The van der Waals surface area contributed by atoms with Crippen LogP contribution >= 0.6 is 0 Å². The summed E-state index contributed by atoms with van der Waals surface area (Å²) >= 11 is 0. The average Bonchev–Trinajstić information content (AvgIpc) is 3.43. The first-order chi connectivity index (χ1) is 16.4. The molecule has 1 amide bonds. The summed E-state index contributed by atoms with van der Waals surface area (Å²) in [5.74, 6) is 2.61. The summed E-state index contributed by atoms with van der Waals surface area (Å²) in [6, 6.07) is -0.000465. The van der Waals surface area contributed by atoms with Crippen LogP contribution < -0.4 is 20.3 Å². The van der Waals surface area contributed by atoms with Gasteiger partial charge >= 0.3 is 0 Å². The lowest BCUT2D eigenvalue weighted by Gasteiger charge is -2.61. The number of hydrogen-bond donors (Lipinski definition) is 2. The van der Waals surface area contributed by atoms with E-state index in [0.717, 1.165) is 18.2 Å². The fourth-order valence-corrected chi connectivity index (χ4v) is 5.63. The van der Waals surface area contributed by atoms with Gasteiger partial charge in [0.25, 0.3) is 5.88 Å². The molecule has 11 nitrogen and oxygen atoms in total.